The fraction of sp³-hybridized carbons (Fsp3) is 0.188. The molecule has 0 atom stereocenters. The number of amides is 1. The number of aryl methyl sites for hydroxylation is 1. The van der Waals surface area contributed by atoms with E-state index in [4.69, 9.17) is 5.21 Å². The summed E-state index contributed by atoms with van der Waals surface area (Å²) in [6.45, 7) is 1.12. The standard InChI is InChI=1S/C16H17N3O2.ClH/c20-16(17-11-14-5-2-1-3-6-14)8-10-19-9-4-7-15(13-19)12-18-21;/h1-7,9,12-13H,8,10-11H2,(H-,17,20,21);1H. The molecule has 2 rings (SSSR count). The monoisotopic (exact) mass is 319 g/mol. The van der Waals surface area contributed by atoms with Gasteiger partial charge in [0.25, 0.3) is 0 Å². The average molecular weight is 320 g/mol. The smallest absolute Gasteiger partial charge is 0.226 e. The summed E-state index contributed by atoms with van der Waals surface area (Å²) in [5, 5.41) is 14.4. The lowest BCUT2D eigenvalue weighted by Crippen LogP contribution is -3.00. The number of oxime groups is 1. The highest BCUT2D eigenvalue weighted by Gasteiger charge is 2.07. The van der Waals surface area contributed by atoms with Crippen LogP contribution >= 0.6 is 0 Å². The van der Waals surface area contributed by atoms with Gasteiger partial charge in [-0.2, -0.15) is 0 Å². The zero-order valence-electron chi connectivity index (χ0n) is 12.0. The molecule has 2 N–H and O–H groups in total. The maximum Gasteiger partial charge on any atom is 0.226 e. The van der Waals surface area contributed by atoms with Crippen LogP contribution in [0.2, 0.25) is 0 Å². The average Bonchev–Trinajstić information content (AvgIpc) is 2.53. The summed E-state index contributed by atoms with van der Waals surface area (Å²) in [5.74, 6) is 0.00702. The maximum atomic E-state index is 11.8. The zero-order valence-corrected chi connectivity index (χ0v) is 12.8. The summed E-state index contributed by atoms with van der Waals surface area (Å²) >= 11 is 0. The molecular weight excluding hydrogens is 302 g/mol. The Morgan fingerprint density at radius 1 is 1.23 bits per heavy atom. The van der Waals surface area contributed by atoms with Crippen molar-refractivity contribution in [1.29, 1.82) is 0 Å². The molecule has 0 fully saturated rings. The lowest BCUT2D eigenvalue weighted by Gasteiger charge is -2.04. The van der Waals surface area contributed by atoms with Crippen LogP contribution in [0, 0.1) is 0 Å². The zero-order chi connectivity index (χ0) is 14.9. The number of pyridine rings is 1. The molecule has 6 heteroatoms. The van der Waals surface area contributed by atoms with Crippen molar-refractivity contribution in [3.05, 3.63) is 66.0 Å². The first-order valence-corrected chi connectivity index (χ1v) is 6.75. The van der Waals surface area contributed by atoms with Crippen molar-refractivity contribution in [3.8, 4) is 0 Å². The van der Waals surface area contributed by atoms with Gasteiger partial charge >= 0.3 is 0 Å². The molecule has 0 aliphatic carbocycles. The minimum Gasteiger partial charge on any atom is -1.00 e. The molecule has 0 unspecified atom stereocenters. The first-order valence-electron chi connectivity index (χ1n) is 6.75. The Labute approximate surface area is 135 Å². The molecule has 0 bridgehead atoms. The third kappa shape index (κ3) is 5.93. The second-order valence-electron chi connectivity index (χ2n) is 4.63. The molecule has 0 aliphatic heterocycles. The molecule has 0 aliphatic rings. The Bertz CT molecular complexity index is 618. The van der Waals surface area contributed by atoms with E-state index in [2.05, 4.69) is 10.5 Å². The molecule has 1 amide bonds. The van der Waals surface area contributed by atoms with Crippen molar-refractivity contribution in [3.63, 3.8) is 0 Å². The number of carbonyl (C=O) groups is 1. The van der Waals surface area contributed by atoms with E-state index >= 15 is 0 Å². The van der Waals surface area contributed by atoms with Crippen molar-refractivity contribution in [1.82, 2.24) is 5.32 Å². The third-order valence-corrected chi connectivity index (χ3v) is 3.02. The number of hydrogen-bond acceptors (Lipinski definition) is 3. The van der Waals surface area contributed by atoms with Crippen molar-refractivity contribution < 1.29 is 27.0 Å². The van der Waals surface area contributed by atoms with E-state index in [1.165, 1.54) is 6.21 Å². The minimum absolute atomic E-state index is 0. The molecular formula is C16H18ClN3O2. The number of carbonyl (C=O) groups excluding carboxylic acids is 1. The number of rotatable bonds is 6. The quantitative estimate of drug-likeness (QED) is 0.294. The lowest BCUT2D eigenvalue weighted by molar-refractivity contribution is -0.695. The van der Waals surface area contributed by atoms with E-state index in [1.54, 1.807) is 0 Å². The van der Waals surface area contributed by atoms with Crippen LogP contribution in [0.4, 0.5) is 0 Å². The Morgan fingerprint density at radius 2 is 2.00 bits per heavy atom. The van der Waals surface area contributed by atoms with Gasteiger partial charge < -0.3 is 22.9 Å². The van der Waals surface area contributed by atoms with E-state index in [1.807, 2.05) is 59.4 Å². The number of hydrogen-bond donors (Lipinski definition) is 2. The van der Waals surface area contributed by atoms with Gasteiger partial charge in [0.15, 0.2) is 18.9 Å². The summed E-state index contributed by atoms with van der Waals surface area (Å²) in [6, 6.07) is 13.5. The van der Waals surface area contributed by atoms with Gasteiger partial charge in [0, 0.05) is 12.6 Å². The molecule has 1 aromatic heterocycles. The highest BCUT2D eigenvalue weighted by atomic mass is 35.5. The van der Waals surface area contributed by atoms with Crippen LogP contribution in [-0.2, 0) is 17.9 Å². The van der Waals surface area contributed by atoms with Crippen LogP contribution in [0.1, 0.15) is 17.5 Å². The number of nitrogens with zero attached hydrogens (tertiary/aromatic N) is 2. The Hall–Kier alpha value is -2.40. The number of halogens is 1. The third-order valence-electron chi connectivity index (χ3n) is 3.02. The first kappa shape index (κ1) is 17.7. The summed E-state index contributed by atoms with van der Waals surface area (Å²) in [4.78, 5) is 11.8. The van der Waals surface area contributed by atoms with Crippen molar-refractivity contribution >= 4 is 12.1 Å². The molecule has 0 saturated carbocycles. The largest absolute Gasteiger partial charge is 1.00 e. The van der Waals surface area contributed by atoms with E-state index in [9.17, 15) is 4.79 Å². The molecule has 22 heavy (non-hydrogen) atoms. The van der Waals surface area contributed by atoms with Crippen LogP contribution in [0.15, 0.2) is 60.0 Å². The van der Waals surface area contributed by atoms with Gasteiger partial charge in [-0.05, 0) is 11.6 Å². The van der Waals surface area contributed by atoms with E-state index in [-0.39, 0.29) is 18.3 Å². The van der Waals surface area contributed by atoms with Crippen molar-refractivity contribution in [2.24, 2.45) is 5.16 Å². The molecule has 0 saturated heterocycles. The minimum atomic E-state index is 0. The maximum absolute atomic E-state index is 11.8. The molecule has 116 valence electrons. The van der Waals surface area contributed by atoms with Crippen LogP contribution in [-0.4, -0.2) is 17.3 Å². The van der Waals surface area contributed by atoms with E-state index < -0.39 is 0 Å². The van der Waals surface area contributed by atoms with E-state index in [0.717, 1.165) is 11.1 Å². The van der Waals surface area contributed by atoms with Crippen LogP contribution in [0.5, 0.6) is 0 Å². The molecule has 1 heterocycles. The second-order valence-corrected chi connectivity index (χ2v) is 4.63. The van der Waals surface area contributed by atoms with Gasteiger partial charge in [0.05, 0.1) is 18.2 Å². The van der Waals surface area contributed by atoms with Gasteiger partial charge in [-0.25, -0.2) is 4.57 Å². The topological polar surface area (TPSA) is 65.6 Å². The lowest BCUT2D eigenvalue weighted by atomic mass is 10.2. The first-order chi connectivity index (χ1) is 10.3. The molecule has 0 radical (unpaired) electrons. The number of aromatic nitrogens is 1. The highest BCUT2D eigenvalue weighted by Crippen LogP contribution is 1.97. The van der Waals surface area contributed by atoms with Crippen LogP contribution in [0.3, 0.4) is 0 Å². The predicted octanol–water partition coefficient (Wildman–Crippen LogP) is -1.51. The Balaban J connectivity index is 0.00000242. The number of nitrogens with one attached hydrogen (secondary N) is 1. The molecule has 5 nitrogen and oxygen atoms in total. The normalized spacial score (nSPS) is 10.2. The van der Waals surface area contributed by atoms with E-state index in [0.29, 0.717) is 19.5 Å². The van der Waals surface area contributed by atoms with Gasteiger partial charge in [-0.3, -0.25) is 4.79 Å². The van der Waals surface area contributed by atoms with Gasteiger partial charge in [-0.1, -0.05) is 35.5 Å². The highest BCUT2D eigenvalue weighted by molar-refractivity contribution is 5.78. The summed E-state index contributed by atoms with van der Waals surface area (Å²) in [5.41, 5.74) is 1.87. The van der Waals surface area contributed by atoms with Crippen molar-refractivity contribution in [2.45, 2.75) is 19.5 Å². The summed E-state index contributed by atoms with van der Waals surface area (Å²) in [7, 11) is 0. The Kier molecular flexibility index (Phi) is 7.64. The van der Waals surface area contributed by atoms with Gasteiger partial charge in [-0.15, -0.1) is 0 Å². The van der Waals surface area contributed by atoms with Gasteiger partial charge in [0.2, 0.25) is 5.91 Å². The summed E-state index contributed by atoms with van der Waals surface area (Å²) in [6.07, 6.45) is 5.45. The molecule has 0 spiro atoms. The predicted molar refractivity (Wildman–Crippen MR) is 78.9 cm³/mol. The molecule has 2 aromatic rings. The SMILES string of the molecule is O=C(CC[n+]1cccc(C=NO)c1)NCc1ccccc1.[Cl-]. The molecule has 1 aromatic carbocycles. The Morgan fingerprint density at radius 3 is 2.73 bits per heavy atom. The number of benzene rings is 1. The fourth-order valence-corrected chi connectivity index (χ4v) is 1.94. The van der Waals surface area contributed by atoms with Gasteiger partial charge in [0.1, 0.15) is 0 Å². The second kappa shape index (κ2) is 9.52. The van der Waals surface area contributed by atoms with Crippen LogP contribution in [0.25, 0.3) is 0 Å². The fourth-order valence-electron chi connectivity index (χ4n) is 1.94. The summed E-state index contributed by atoms with van der Waals surface area (Å²) < 4.78 is 1.89. The van der Waals surface area contributed by atoms with Crippen molar-refractivity contribution in [2.75, 3.05) is 0 Å². The van der Waals surface area contributed by atoms with Crippen LogP contribution < -0.4 is 22.3 Å².